The summed E-state index contributed by atoms with van der Waals surface area (Å²) < 4.78 is 18.1. The first-order chi connectivity index (χ1) is 13.8. The van der Waals surface area contributed by atoms with Gasteiger partial charge >= 0.3 is 0 Å². The highest BCUT2D eigenvalue weighted by Crippen LogP contribution is 2.49. The van der Waals surface area contributed by atoms with Gasteiger partial charge in [-0.2, -0.15) is 0 Å². The summed E-state index contributed by atoms with van der Waals surface area (Å²) in [5.41, 5.74) is 3.77. The first kappa shape index (κ1) is 20.7. The molecule has 0 bridgehead atoms. The molecule has 3 aliphatic rings. The zero-order chi connectivity index (χ0) is 19.1. The summed E-state index contributed by atoms with van der Waals surface area (Å²) in [6.45, 7) is 2.35. The molecule has 2 fully saturated rings. The molecule has 4 nitrogen and oxygen atoms in total. The molecule has 0 spiro atoms. The lowest BCUT2D eigenvalue weighted by Gasteiger charge is -2.47. The number of ether oxygens (including phenoxy) is 3. The van der Waals surface area contributed by atoms with Crippen LogP contribution in [0.3, 0.4) is 0 Å². The van der Waals surface area contributed by atoms with Crippen LogP contribution in [0.5, 0.6) is 11.5 Å². The van der Waals surface area contributed by atoms with Crippen LogP contribution in [0.4, 0.5) is 0 Å². The molecule has 2 aromatic rings. The van der Waals surface area contributed by atoms with Gasteiger partial charge in [0, 0.05) is 6.54 Å². The number of halogens is 1. The highest BCUT2D eigenvalue weighted by molar-refractivity contribution is 8.93. The van der Waals surface area contributed by atoms with E-state index in [0.29, 0.717) is 6.04 Å². The van der Waals surface area contributed by atoms with Gasteiger partial charge in [0.25, 0.3) is 0 Å². The number of nitrogens with zero attached hydrogens (tertiary/aromatic N) is 1. The van der Waals surface area contributed by atoms with Crippen molar-refractivity contribution in [2.24, 2.45) is 5.92 Å². The van der Waals surface area contributed by atoms with E-state index in [0.717, 1.165) is 30.4 Å². The Labute approximate surface area is 183 Å². The third-order valence-electron chi connectivity index (χ3n) is 6.47. The van der Waals surface area contributed by atoms with Crippen LogP contribution >= 0.6 is 17.0 Å². The van der Waals surface area contributed by atoms with E-state index in [9.17, 15) is 0 Å². The van der Waals surface area contributed by atoms with E-state index in [1.165, 1.54) is 42.5 Å². The van der Waals surface area contributed by atoms with Crippen LogP contribution in [0.25, 0.3) is 0 Å². The molecule has 5 rings (SSSR count). The molecule has 0 N–H and O–H groups in total. The molecule has 2 heterocycles. The Bertz CT molecular complexity index is 840. The molecule has 1 unspecified atom stereocenters. The number of methoxy groups -OCH3 is 2. The maximum atomic E-state index is 6.77. The lowest BCUT2D eigenvalue weighted by Crippen LogP contribution is -2.47. The molecule has 29 heavy (non-hydrogen) atoms. The van der Waals surface area contributed by atoms with Gasteiger partial charge in [-0.1, -0.05) is 30.3 Å². The third-order valence-corrected chi connectivity index (χ3v) is 6.47. The lowest BCUT2D eigenvalue weighted by atomic mass is 9.82. The zero-order valence-electron chi connectivity index (χ0n) is 17.2. The zero-order valence-corrected chi connectivity index (χ0v) is 18.9. The standard InChI is InChI=1S/C24H29NO3.BrH/c1-26-21-13-18-19(14-22(21)27-2)24(17-7-4-3-5-8-17)28-20-9-6-12-25(23(18)20)15-16-10-11-16;/h3-5,7-8,13-14,16,20,23-24H,6,9-12,15H2,1-2H3;1H/t20-,23-,24?;/m1./s1. The fourth-order valence-corrected chi connectivity index (χ4v) is 4.93. The summed E-state index contributed by atoms with van der Waals surface area (Å²) in [5, 5.41) is 0. The second kappa shape index (κ2) is 8.66. The molecule has 0 radical (unpaired) electrons. The van der Waals surface area contributed by atoms with Gasteiger partial charge < -0.3 is 14.2 Å². The number of hydrogen-bond donors (Lipinski definition) is 0. The summed E-state index contributed by atoms with van der Waals surface area (Å²) in [6.07, 6.45) is 5.24. The van der Waals surface area contributed by atoms with Gasteiger partial charge in [0.05, 0.1) is 26.4 Å². The predicted molar refractivity (Wildman–Crippen MR) is 119 cm³/mol. The van der Waals surface area contributed by atoms with Gasteiger partial charge in [-0.05, 0) is 67.0 Å². The number of likely N-dealkylation sites (tertiary alicyclic amines) is 1. The Hall–Kier alpha value is -1.56. The lowest BCUT2D eigenvalue weighted by molar-refractivity contribution is -0.0868. The second-order valence-corrected chi connectivity index (χ2v) is 8.33. The number of fused-ring (bicyclic) bond motifs is 3. The fraction of sp³-hybridized carbons (Fsp3) is 0.500. The van der Waals surface area contributed by atoms with E-state index < -0.39 is 0 Å². The Morgan fingerprint density at radius 3 is 2.31 bits per heavy atom. The fourth-order valence-electron chi connectivity index (χ4n) is 4.93. The molecule has 1 saturated carbocycles. The molecular formula is C24H30BrNO3. The van der Waals surface area contributed by atoms with Crippen LogP contribution in [0, 0.1) is 5.92 Å². The van der Waals surface area contributed by atoms with E-state index in [1.807, 2.05) is 0 Å². The highest BCUT2D eigenvalue weighted by Gasteiger charge is 2.43. The minimum Gasteiger partial charge on any atom is -0.493 e. The third kappa shape index (κ3) is 3.92. The van der Waals surface area contributed by atoms with Gasteiger partial charge in [0.2, 0.25) is 0 Å². The minimum atomic E-state index is -0.0573. The summed E-state index contributed by atoms with van der Waals surface area (Å²) in [5.74, 6) is 2.45. The molecule has 2 aromatic carbocycles. The molecular weight excluding hydrogens is 430 g/mol. The topological polar surface area (TPSA) is 30.9 Å². The van der Waals surface area contributed by atoms with Crippen molar-refractivity contribution in [1.29, 1.82) is 0 Å². The number of benzene rings is 2. The second-order valence-electron chi connectivity index (χ2n) is 8.33. The van der Waals surface area contributed by atoms with Crippen LogP contribution in [0.15, 0.2) is 42.5 Å². The minimum absolute atomic E-state index is 0. The summed E-state index contributed by atoms with van der Waals surface area (Å²) in [4.78, 5) is 2.66. The Morgan fingerprint density at radius 1 is 0.966 bits per heavy atom. The van der Waals surface area contributed by atoms with E-state index in [1.54, 1.807) is 14.2 Å². The smallest absolute Gasteiger partial charge is 0.161 e. The SMILES string of the molecule is Br.COc1cc2c(cc1OC)[C@@H]1[C@@H](CCCN1CC1CC1)OC2c1ccccc1. The van der Waals surface area contributed by atoms with Crippen molar-refractivity contribution < 1.29 is 14.2 Å². The van der Waals surface area contributed by atoms with E-state index >= 15 is 0 Å². The van der Waals surface area contributed by atoms with E-state index in [2.05, 4.69) is 47.4 Å². The quantitative estimate of drug-likeness (QED) is 0.605. The average Bonchev–Trinajstić information content (AvgIpc) is 3.56. The van der Waals surface area contributed by atoms with Gasteiger partial charge in [0.15, 0.2) is 11.5 Å². The van der Waals surface area contributed by atoms with E-state index in [4.69, 9.17) is 14.2 Å². The predicted octanol–water partition coefficient (Wildman–Crippen LogP) is 5.32. The summed E-state index contributed by atoms with van der Waals surface area (Å²) in [6, 6.07) is 15.2. The maximum Gasteiger partial charge on any atom is 0.161 e. The molecule has 1 aliphatic carbocycles. The first-order valence-electron chi connectivity index (χ1n) is 10.5. The highest BCUT2D eigenvalue weighted by atomic mass is 79.9. The van der Waals surface area contributed by atoms with Crippen molar-refractivity contribution in [3.05, 3.63) is 59.2 Å². The normalized spacial score (nSPS) is 26.1. The number of piperidine rings is 1. The maximum absolute atomic E-state index is 6.77. The monoisotopic (exact) mass is 459 g/mol. The molecule has 0 aromatic heterocycles. The first-order valence-corrected chi connectivity index (χ1v) is 10.5. The van der Waals surface area contributed by atoms with Crippen LogP contribution in [0.1, 0.15) is 54.5 Å². The number of hydrogen-bond acceptors (Lipinski definition) is 4. The number of rotatable bonds is 5. The van der Waals surface area contributed by atoms with Crippen molar-refractivity contribution in [2.75, 3.05) is 27.3 Å². The Kier molecular flexibility index (Phi) is 6.19. The largest absolute Gasteiger partial charge is 0.493 e. The Morgan fingerprint density at radius 2 is 1.66 bits per heavy atom. The van der Waals surface area contributed by atoms with Gasteiger partial charge in [-0.25, -0.2) is 0 Å². The Balaban J connectivity index is 0.00000205. The van der Waals surface area contributed by atoms with Crippen LogP contribution in [-0.2, 0) is 4.74 Å². The van der Waals surface area contributed by atoms with Crippen LogP contribution < -0.4 is 9.47 Å². The van der Waals surface area contributed by atoms with Crippen molar-refractivity contribution in [3.8, 4) is 11.5 Å². The molecule has 2 aliphatic heterocycles. The molecule has 1 saturated heterocycles. The van der Waals surface area contributed by atoms with E-state index in [-0.39, 0.29) is 29.2 Å². The van der Waals surface area contributed by atoms with Crippen molar-refractivity contribution in [3.63, 3.8) is 0 Å². The van der Waals surface area contributed by atoms with Crippen LogP contribution in [-0.4, -0.2) is 38.3 Å². The van der Waals surface area contributed by atoms with Crippen molar-refractivity contribution >= 4 is 17.0 Å². The van der Waals surface area contributed by atoms with Crippen molar-refractivity contribution in [1.82, 2.24) is 4.90 Å². The summed E-state index contributed by atoms with van der Waals surface area (Å²) in [7, 11) is 3.42. The van der Waals surface area contributed by atoms with Crippen molar-refractivity contribution in [2.45, 2.75) is 43.9 Å². The van der Waals surface area contributed by atoms with Gasteiger partial charge in [-0.3, -0.25) is 4.90 Å². The summed E-state index contributed by atoms with van der Waals surface area (Å²) >= 11 is 0. The van der Waals surface area contributed by atoms with Gasteiger partial charge in [-0.15, -0.1) is 17.0 Å². The molecule has 3 atom stereocenters. The average molecular weight is 460 g/mol. The van der Waals surface area contributed by atoms with Gasteiger partial charge in [0.1, 0.15) is 6.10 Å². The molecule has 156 valence electrons. The molecule has 5 heteroatoms. The van der Waals surface area contributed by atoms with Crippen LogP contribution in [0.2, 0.25) is 0 Å². The molecule has 0 amide bonds.